The average Bonchev–Trinajstić information content (AvgIpc) is 2.94. The van der Waals surface area contributed by atoms with Crippen molar-refractivity contribution in [2.24, 2.45) is 18.1 Å². The molecule has 1 aliphatic carbocycles. The molecule has 202 valence electrons. The third-order valence-corrected chi connectivity index (χ3v) is 7.28. The smallest absolute Gasteiger partial charge is 0.270 e. The molecular formula is C30H34N6O3. The van der Waals surface area contributed by atoms with Crippen LogP contribution in [0.3, 0.4) is 0 Å². The third kappa shape index (κ3) is 5.79. The highest BCUT2D eigenvalue weighted by molar-refractivity contribution is 6.02. The fourth-order valence-corrected chi connectivity index (χ4v) is 5.15. The van der Waals surface area contributed by atoms with Crippen LogP contribution >= 0.6 is 0 Å². The second kappa shape index (κ2) is 11.3. The van der Waals surface area contributed by atoms with Gasteiger partial charge in [0.2, 0.25) is 0 Å². The van der Waals surface area contributed by atoms with Crippen LogP contribution in [0, 0.1) is 28.6 Å². The van der Waals surface area contributed by atoms with Crippen LogP contribution in [0.5, 0.6) is 0 Å². The molecule has 39 heavy (non-hydrogen) atoms. The highest BCUT2D eigenvalue weighted by atomic mass is 16.6. The first-order valence-corrected chi connectivity index (χ1v) is 13.1. The first-order chi connectivity index (χ1) is 18.6. The van der Waals surface area contributed by atoms with Crippen molar-refractivity contribution in [3.8, 4) is 12.1 Å². The molecule has 2 aromatic heterocycles. The third-order valence-electron chi connectivity index (χ3n) is 7.28. The normalized spacial score (nSPS) is 17.9. The van der Waals surface area contributed by atoms with Crippen molar-refractivity contribution in [1.82, 2.24) is 9.55 Å². The number of anilines is 1. The lowest BCUT2D eigenvalue weighted by molar-refractivity contribution is -0.0000292. The van der Waals surface area contributed by atoms with Gasteiger partial charge in [-0.2, -0.15) is 10.5 Å². The number of nitrogens with zero attached hydrogens (tertiary/aromatic N) is 6. The molecule has 1 aromatic carbocycles. The standard InChI is InChI=1S/C30H34N6O3/c1-30(2,3)39-34-26(20-8-6-19(18-37)7-9-20)21-10-13-23(14-11-21)35(4)28-24(17-32)29(38)36(5)25-15-12-22(16-31)33-27(25)28/h6-9,12,15,21,23,37H,10-11,13-14,18H2,1-5H3/b34-26-/t21-,23+. The van der Waals surface area contributed by atoms with Crippen molar-refractivity contribution in [2.45, 2.75) is 64.7 Å². The van der Waals surface area contributed by atoms with E-state index in [1.165, 1.54) is 4.57 Å². The maximum Gasteiger partial charge on any atom is 0.270 e. The minimum Gasteiger partial charge on any atom is -0.392 e. The van der Waals surface area contributed by atoms with E-state index >= 15 is 0 Å². The highest BCUT2D eigenvalue weighted by Gasteiger charge is 2.31. The molecule has 9 heteroatoms. The molecule has 4 rings (SSSR count). The summed E-state index contributed by atoms with van der Waals surface area (Å²) < 4.78 is 1.41. The zero-order valence-electron chi connectivity index (χ0n) is 23.1. The molecule has 0 saturated heterocycles. The molecule has 1 N–H and O–H groups in total. The number of aryl methyl sites for hydroxylation is 1. The maximum atomic E-state index is 13.0. The molecule has 0 spiro atoms. The number of benzene rings is 1. The van der Waals surface area contributed by atoms with Crippen LogP contribution in [0.4, 0.5) is 5.69 Å². The van der Waals surface area contributed by atoms with Gasteiger partial charge >= 0.3 is 0 Å². The van der Waals surface area contributed by atoms with Gasteiger partial charge in [0.25, 0.3) is 5.56 Å². The predicted octanol–water partition coefficient (Wildman–Crippen LogP) is 4.38. The van der Waals surface area contributed by atoms with Crippen molar-refractivity contribution >= 4 is 22.4 Å². The molecule has 0 amide bonds. The monoisotopic (exact) mass is 526 g/mol. The summed E-state index contributed by atoms with van der Waals surface area (Å²) in [5.41, 5.74) is 3.65. The number of hydrogen-bond donors (Lipinski definition) is 1. The van der Waals surface area contributed by atoms with Crippen LogP contribution in [0.15, 0.2) is 46.3 Å². The van der Waals surface area contributed by atoms with Gasteiger partial charge in [-0.05, 0) is 69.7 Å². The second-order valence-corrected chi connectivity index (χ2v) is 11.0. The van der Waals surface area contributed by atoms with Gasteiger partial charge in [0.05, 0.1) is 23.5 Å². The Kier molecular flexibility index (Phi) is 8.03. The van der Waals surface area contributed by atoms with Gasteiger partial charge in [-0.3, -0.25) is 4.79 Å². The summed E-state index contributed by atoms with van der Waals surface area (Å²) in [6.07, 6.45) is 3.29. The summed E-state index contributed by atoms with van der Waals surface area (Å²) >= 11 is 0. The lowest BCUT2D eigenvalue weighted by atomic mass is 9.80. The Balaban J connectivity index is 1.65. The van der Waals surface area contributed by atoms with E-state index in [1.807, 2.05) is 57.0 Å². The van der Waals surface area contributed by atoms with Crippen LogP contribution < -0.4 is 10.5 Å². The van der Waals surface area contributed by atoms with Gasteiger partial charge < -0.3 is 19.4 Å². The maximum absolute atomic E-state index is 13.0. The highest BCUT2D eigenvalue weighted by Crippen LogP contribution is 2.35. The molecule has 0 atom stereocenters. The predicted molar refractivity (Wildman–Crippen MR) is 150 cm³/mol. The van der Waals surface area contributed by atoms with Gasteiger partial charge in [-0.15, -0.1) is 0 Å². The minimum absolute atomic E-state index is 0.0185. The molecule has 1 saturated carbocycles. The van der Waals surface area contributed by atoms with Crippen molar-refractivity contribution in [2.75, 3.05) is 11.9 Å². The summed E-state index contributed by atoms with van der Waals surface area (Å²) in [5, 5.41) is 33.4. The summed E-state index contributed by atoms with van der Waals surface area (Å²) in [6.45, 7) is 5.86. The Morgan fingerprint density at radius 3 is 2.36 bits per heavy atom. The Hall–Kier alpha value is -4.21. The summed E-state index contributed by atoms with van der Waals surface area (Å²) in [6, 6.07) is 15.2. The lowest BCUT2D eigenvalue weighted by Crippen LogP contribution is -2.39. The summed E-state index contributed by atoms with van der Waals surface area (Å²) in [4.78, 5) is 25.4. The van der Waals surface area contributed by atoms with Crippen LogP contribution in [-0.4, -0.2) is 39.1 Å². The van der Waals surface area contributed by atoms with Gasteiger partial charge in [0.1, 0.15) is 34.5 Å². The largest absolute Gasteiger partial charge is 0.392 e. The quantitative estimate of drug-likeness (QED) is 0.373. The number of aromatic nitrogens is 2. The number of oxime groups is 1. The van der Waals surface area contributed by atoms with E-state index in [0.29, 0.717) is 16.7 Å². The van der Waals surface area contributed by atoms with Gasteiger partial charge in [-0.1, -0.05) is 29.4 Å². The molecule has 0 aliphatic heterocycles. The van der Waals surface area contributed by atoms with Crippen LogP contribution in [0.2, 0.25) is 0 Å². The van der Waals surface area contributed by atoms with Crippen molar-refractivity contribution in [3.05, 3.63) is 69.1 Å². The van der Waals surface area contributed by atoms with E-state index in [0.717, 1.165) is 42.5 Å². The lowest BCUT2D eigenvalue weighted by Gasteiger charge is -2.37. The fourth-order valence-electron chi connectivity index (χ4n) is 5.15. The zero-order valence-corrected chi connectivity index (χ0v) is 23.1. The second-order valence-electron chi connectivity index (χ2n) is 11.0. The van der Waals surface area contributed by atoms with Gasteiger partial charge in [0, 0.05) is 26.1 Å². The van der Waals surface area contributed by atoms with Crippen molar-refractivity contribution < 1.29 is 9.94 Å². The molecule has 1 aliphatic rings. The van der Waals surface area contributed by atoms with E-state index in [4.69, 9.17) is 4.84 Å². The number of hydrogen-bond acceptors (Lipinski definition) is 8. The molecule has 0 bridgehead atoms. The number of aliphatic hydroxyl groups is 1. The van der Waals surface area contributed by atoms with E-state index < -0.39 is 5.60 Å². The molecule has 0 unspecified atom stereocenters. The van der Waals surface area contributed by atoms with Crippen LogP contribution in [-0.2, 0) is 18.5 Å². The minimum atomic E-state index is -0.433. The first-order valence-electron chi connectivity index (χ1n) is 13.1. The van der Waals surface area contributed by atoms with E-state index in [2.05, 4.69) is 22.3 Å². The zero-order chi connectivity index (χ0) is 28.3. The first kappa shape index (κ1) is 27.8. The summed E-state index contributed by atoms with van der Waals surface area (Å²) in [5.74, 6) is 0.163. The Morgan fingerprint density at radius 2 is 1.79 bits per heavy atom. The number of rotatable bonds is 6. The fraction of sp³-hybridized carbons (Fsp3) is 0.433. The van der Waals surface area contributed by atoms with Crippen molar-refractivity contribution in [1.29, 1.82) is 10.5 Å². The summed E-state index contributed by atoms with van der Waals surface area (Å²) in [7, 11) is 3.51. The topological polar surface area (TPSA) is 128 Å². The Morgan fingerprint density at radius 1 is 1.13 bits per heavy atom. The average molecular weight is 527 g/mol. The number of aliphatic hydroxyl groups excluding tert-OH is 1. The van der Waals surface area contributed by atoms with E-state index in [-0.39, 0.29) is 35.4 Å². The SMILES string of the molecule is Cn1c(=O)c(C#N)c(N(C)[C@H]2CC[C@@H](/C(=N\OC(C)(C)C)c3ccc(CO)cc3)CC2)c2nc(C#N)ccc21. The molecule has 9 nitrogen and oxygen atoms in total. The Bertz CT molecular complexity index is 1530. The molecule has 0 radical (unpaired) electrons. The Labute approximate surface area is 228 Å². The molecular weight excluding hydrogens is 492 g/mol. The van der Waals surface area contributed by atoms with Gasteiger partial charge in [0.15, 0.2) is 0 Å². The molecule has 2 heterocycles. The van der Waals surface area contributed by atoms with Gasteiger partial charge in [-0.25, -0.2) is 4.98 Å². The molecule has 3 aromatic rings. The molecule has 1 fully saturated rings. The van der Waals surface area contributed by atoms with Crippen LogP contribution in [0.25, 0.3) is 11.0 Å². The van der Waals surface area contributed by atoms with E-state index in [1.54, 1.807) is 19.2 Å². The van der Waals surface area contributed by atoms with Crippen LogP contribution in [0.1, 0.15) is 68.8 Å². The van der Waals surface area contributed by atoms with E-state index in [9.17, 15) is 20.4 Å². The van der Waals surface area contributed by atoms with Crippen molar-refractivity contribution in [3.63, 3.8) is 0 Å². The number of nitriles is 2. The number of pyridine rings is 2. The number of fused-ring (bicyclic) bond motifs is 1.